The number of imidazole rings is 1. The molecule has 138 valence electrons. The molecule has 4 rings (SSSR count). The van der Waals surface area contributed by atoms with Crippen molar-refractivity contribution in [3.8, 4) is 5.95 Å². The zero-order chi connectivity index (χ0) is 19.2. The predicted molar refractivity (Wildman–Crippen MR) is 100 cm³/mol. The summed E-state index contributed by atoms with van der Waals surface area (Å²) in [5, 5.41) is 22.6. The number of hydrogen-bond acceptors (Lipinski definition) is 9. The molecule has 0 fully saturated rings. The normalized spacial score (nSPS) is 13.8. The van der Waals surface area contributed by atoms with Crippen molar-refractivity contribution in [1.29, 1.82) is 0 Å². The number of aryl methyl sites for hydroxylation is 1. The lowest BCUT2D eigenvalue weighted by molar-refractivity contribution is 0.102. The molecule has 0 amide bonds. The van der Waals surface area contributed by atoms with Crippen molar-refractivity contribution in [2.45, 2.75) is 26.1 Å². The molecule has 10 heteroatoms. The number of rotatable bonds is 4. The second-order valence-corrected chi connectivity index (χ2v) is 7.07. The van der Waals surface area contributed by atoms with Crippen LogP contribution in [0, 0.1) is 6.92 Å². The van der Waals surface area contributed by atoms with Gasteiger partial charge in [0.05, 0.1) is 23.3 Å². The molecule has 0 aliphatic heterocycles. The van der Waals surface area contributed by atoms with E-state index in [0.29, 0.717) is 28.0 Å². The van der Waals surface area contributed by atoms with E-state index < -0.39 is 5.60 Å². The first-order chi connectivity index (χ1) is 12.9. The second-order valence-electron chi connectivity index (χ2n) is 6.22. The smallest absolute Gasteiger partial charge is 0.240 e. The molecule has 1 atom stereocenters. The van der Waals surface area contributed by atoms with Gasteiger partial charge in [0.1, 0.15) is 22.8 Å². The number of thiazole rings is 1. The van der Waals surface area contributed by atoms with Gasteiger partial charge in [-0.25, -0.2) is 19.9 Å². The minimum atomic E-state index is -1.33. The molecule has 3 aromatic heterocycles. The highest BCUT2D eigenvalue weighted by molar-refractivity contribution is 7.09. The Labute approximate surface area is 158 Å². The van der Waals surface area contributed by atoms with Crippen LogP contribution in [0.2, 0.25) is 0 Å². The number of aliphatic hydroxyl groups excluding tert-OH is 1. The van der Waals surface area contributed by atoms with Crippen LogP contribution in [0.1, 0.15) is 29.0 Å². The van der Waals surface area contributed by atoms with Gasteiger partial charge < -0.3 is 15.9 Å². The van der Waals surface area contributed by atoms with Crippen molar-refractivity contribution < 1.29 is 10.2 Å². The molecular formula is C17H17N7O2S. The molecule has 27 heavy (non-hydrogen) atoms. The van der Waals surface area contributed by atoms with Crippen molar-refractivity contribution in [2.24, 2.45) is 0 Å². The fourth-order valence-corrected chi connectivity index (χ4v) is 3.78. The number of anilines is 1. The van der Waals surface area contributed by atoms with Crippen LogP contribution in [-0.4, -0.2) is 39.7 Å². The molecule has 0 aliphatic carbocycles. The van der Waals surface area contributed by atoms with Gasteiger partial charge in [0.25, 0.3) is 0 Å². The monoisotopic (exact) mass is 383 g/mol. The first-order valence-corrected chi connectivity index (χ1v) is 9.00. The third kappa shape index (κ3) is 2.93. The van der Waals surface area contributed by atoms with Crippen LogP contribution in [0.5, 0.6) is 0 Å². The maximum Gasteiger partial charge on any atom is 0.240 e. The Bertz CT molecular complexity index is 1140. The minimum absolute atomic E-state index is 0.115. The van der Waals surface area contributed by atoms with Crippen molar-refractivity contribution in [3.63, 3.8) is 0 Å². The van der Waals surface area contributed by atoms with E-state index in [1.54, 1.807) is 22.9 Å². The van der Waals surface area contributed by atoms with E-state index in [4.69, 9.17) is 5.73 Å². The zero-order valence-electron chi connectivity index (χ0n) is 14.7. The van der Waals surface area contributed by atoms with Gasteiger partial charge in [-0.2, -0.15) is 4.98 Å². The number of aromatic nitrogens is 6. The van der Waals surface area contributed by atoms with Gasteiger partial charge in [0, 0.05) is 5.38 Å². The second kappa shape index (κ2) is 6.34. The van der Waals surface area contributed by atoms with Gasteiger partial charge in [-0.05, 0) is 31.5 Å². The molecule has 9 nitrogen and oxygen atoms in total. The Morgan fingerprint density at radius 3 is 2.74 bits per heavy atom. The van der Waals surface area contributed by atoms with Gasteiger partial charge in [0.15, 0.2) is 0 Å². The van der Waals surface area contributed by atoms with E-state index in [1.807, 2.05) is 19.1 Å². The van der Waals surface area contributed by atoms with Crippen LogP contribution in [0.25, 0.3) is 17.0 Å². The Morgan fingerprint density at radius 1 is 1.22 bits per heavy atom. The number of nitrogen functional groups attached to an aromatic ring is 1. The predicted octanol–water partition coefficient (Wildman–Crippen LogP) is 1.31. The molecule has 0 spiro atoms. The highest BCUT2D eigenvalue weighted by Crippen LogP contribution is 2.33. The highest BCUT2D eigenvalue weighted by Gasteiger charge is 2.30. The summed E-state index contributed by atoms with van der Waals surface area (Å²) in [6, 6.07) is 5.46. The average Bonchev–Trinajstić information content (AvgIpc) is 3.25. The topological polar surface area (TPSA) is 136 Å². The fraction of sp³-hybridized carbons (Fsp3) is 0.235. The summed E-state index contributed by atoms with van der Waals surface area (Å²) in [6.07, 6.45) is 1.34. The highest BCUT2D eigenvalue weighted by atomic mass is 32.1. The fourth-order valence-electron chi connectivity index (χ4n) is 2.89. The lowest BCUT2D eigenvalue weighted by Gasteiger charge is -2.21. The Kier molecular flexibility index (Phi) is 4.10. The third-order valence-corrected chi connectivity index (χ3v) is 5.39. The Balaban J connectivity index is 1.88. The first-order valence-electron chi connectivity index (χ1n) is 8.12. The van der Waals surface area contributed by atoms with Gasteiger partial charge >= 0.3 is 0 Å². The molecule has 0 saturated heterocycles. The van der Waals surface area contributed by atoms with Crippen LogP contribution in [0.3, 0.4) is 0 Å². The summed E-state index contributed by atoms with van der Waals surface area (Å²) in [5.74, 6) is 1.16. The van der Waals surface area contributed by atoms with Crippen LogP contribution < -0.4 is 5.73 Å². The molecule has 0 aliphatic rings. The summed E-state index contributed by atoms with van der Waals surface area (Å²) < 4.78 is 1.76. The number of aliphatic hydroxyl groups is 2. The van der Waals surface area contributed by atoms with Gasteiger partial charge in [-0.1, -0.05) is 6.07 Å². The van der Waals surface area contributed by atoms with E-state index in [1.165, 1.54) is 17.7 Å². The number of benzene rings is 1. The summed E-state index contributed by atoms with van der Waals surface area (Å²) in [7, 11) is 0. The quantitative estimate of drug-likeness (QED) is 0.480. The van der Waals surface area contributed by atoms with Crippen molar-refractivity contribution in [2.75, 3.05) is 5.73 Å². The molecule has 0 radical (unpaired) electrons. The van der Waals surface area contributed by atoms with Crippen molar-refractivity contribution in [1.82, 2.24) is 29.5 Å². The van der Waals surface area contributed by atoms with Gasteiger partial charge in [-0.3, -0.25) is 4.57 Å². The molecule has 4 aromatic rings. The summed E-state index contributed by atoms with van der Waals surface area (Å²) in [6.45, 7) is 3.34. The molecular weight excluding hydrogens is 366 g/mol. The molecule has 4 N–H and O–H groups in total. The molecule has 1 unspecified atom stereocenters. The third-order valence-electron chi connectivity index (χ3n) is 4.29. The maximum absolute atomic E-state index is 11.1. The average molecular weight is 383 g/mol. The zero-order valence-corrected chi connectivity index (χ0v) is 15.5. The van der Waals surface area contributed by atoms with Crippen LogP contribution in [-0.2, 0) is 12.2 Å². The number of nitrogens with two attached hydrogens (primary N) is 1. The van der Waals surface area contributed by atoms with Crippen LogP contribution >= 0.6 is 11.3 Å². The van der Waals surface area contributed by atoms with E-state index in [9.17, 15) is 10.2 Å². The molecule has 0 saturated carbocycles. The van der Waals surface area contributed by atoms with E-state index >= 15 is 0 Å². The standard InChI is InChI=1S/C17H17N7O2S/c1-9-21-12-4-3-10(17(2,26)14-22-11(6-25)7-27-14)5-13(12)24(9)16-20-8-19-15(18)23-16/h3-5,7-8,25-26H,6H2,1-2H3,(H2,18,19,20,23). The molecule has 3 heterocycles. The lowest BCUT2D eigenvalue weighted by atomic mass is 9.96. The molecule has 1 aromatic carbocycles. The number of hydrogen-bond donors (Lipinski definition) is 3. The van der Waals surface area contributed by atoms with Gasteiger partial charge in [0.2, 0.25) is 11.9 Å². The SMILES string of the molecule is Cc1nc2ccc(C(C)(O)c3nc(CO)cs3)cc2n1-c1ncnc(N)n1. The van der Waals surface area contributed by atoms with E-state index in [-0.39, 0.29) is 12.6 Å². The Morgan fingerprint density at radius 2 is 2.04 bits per heavy atom. The van der Waals surface area contributed by atoms with Crippen molar-refractivity contribution in [3.05, 3.63) is 52.0 Å². The van der Waals surface area contributed by atoms with Crippen LogP contribution in [0.4, 0.5) is 5.95 Å². The van der Waals surface area contributed by atoms with E-state index in [2.05, 4.69) is 24.9 Å². The number of nitrogens with zero attached hydrogens (tertiary/aromatic N) is 6. The number of fused-ring (bicyclic) bond motifs is 1. The Hall–Kier alpha value is -2.95. The largest absolute Gasteiger partial charge is 0.390 e. The lowest BCUT2D eigenvalue weighted by Crippen LogP contribution is -2.22. The van der Waals surface area contributed by atoms with Crippen LogP contribution in [0.15, 0.2) is 29.9 Å². The summed E-state index contributed by atoms with van der Waals surface area (Å²) >= 11 is 1.30. The summed E-state index contributed by atoms with van der Waals surface area (Å²) in [5.41, 5.74) is 6.99. The molecule has 0 bridgehead atoms. The van der Waals surface area contributed by atoms with E-state index in [0.717, 1.165) is 11.0 Å². The first kappa shape index (κ1) is 17.5. The maximum atomic E-state index is 11.1. The van der Waals surface area contributed by atoms with Gasteiger partial charge in [-0.15, -0.1) is 11.3 Å². The summed E-state index contributed by atoms with van der Waals surface area (Å²) in [4.78, 5) is 21.0. The minimum Gasteiger partial charge on any atom is -0.390 e. The van der Waals surface area contributed by atoms with Crippen molar-refractivity contribution >= 4 is 28.3 Å².